The second kappa shape index (κ2) is 11.2. The molecule has 2 aromatic carbocycles. The molecular weight excluding hydrogens is 427 g/mol. The largest absolute Gasteiger partial charge is 0.497 e. The quantitative estimate of drug-likeness (QED) is 0.454. The van der Waals surface area contributed by atoms with Gasteiger partial charge in [0.25, 0.3) is 0 Å². The van der Waals surface area contributed by atoms with Crippen LogP contribution in [0.2, 0.25) is 0 Å². The zero-order chi connectivity index (χ0) is 24.1. The highest BCUT2D eigenvalue weighted by Gasteiger charge is 2.30. The Bertz CT molecular complexity index is 1060. The molecule has 0 N–H and O–H groups in total. The highest BCUT2D eigenvalue weighted by Crippen LogP contribution is 2.29. The van der Waals surface area contributed by atoms with Crippen LogP contribution < -0.4 is 4.74 Å². The lowest BCUT2D eigenvalue weighted by Gasteiger charge is -2.40. The maximum Gasteiger partial charge on any atom is 0.126 e. The van der Waals surface area contributed by atoms with Gasteiger partial charge in [0, 0.05) is 37.9 Å². The van der Waals surface area contributed by atoms with Gasteiger partial charge in [0.2, 0.25) is 0 Å². The molecule has 1 atom stereocenters. The number of likely N-dealkylation sites (tertiary alicyclic amines) is 1. The van der Waals surface area contributed by atoms with E-state index >= 15 is 0 Å². The van der Waals surface area contributed by atoms with Gasteiger partial charge in [-0.25, -0.2) is 4.39 Å². The van der Waals surface area contributed by atoms with Gasteiger partial charge in [0.1, 0.15) is 11.6 Å². The van der Waals surface area contributed by atoms with Crippen LogP contribution in [-0.2, 0) is 26.6 Å². The second-order valence-electron chi connectivity index (χ2n) is 9.65. The molecule has 1 aromatic heterocycles. The molecule has 1 aliphatic heterocycles. The van der Waals surface area contributed by atoms with Crippen LogP contribution in [0.1, 0.15) is 35.2 Å². The molecule has 0 amide bonds. The van der Waals surface area contributed by atoms with Gasteiger partial charge in [0.05, 0.1) is 12.8 Å². The van der Waals surface area contributed by atoms with Crippen molar-refractivity contribution in [3.8, 4) is 5.75 Å². The molecule has 0 bridgehead atoms. The fraction of sp³-hybridized carbons (Fsp3) is 0.464. The lowest BCUT2D eigenvalue weighted by atomic mass is 9.84. The Balaban J connectivity index is 1.44. The van der Waals surface area contributed by atoms with Crippen molar-refractivity contribution in [1.29, 1.82) is 0 Å². The summed E-state index contributed by atoms with van der Waals surface area (Å²) in [7, 11) is 5.84. The van der Waals surface area contributed by atoms with Crippen molar-refractivity contribution in [3.63, 3.8) is 0 Å². The maximum absolute atomic E-state index is 14.6. The van der Waals surface area contributed by atoms with Crippen molar-refractivity contribution < 1.29 is 9.13 Å². The van der Waals surface area contributed by atoms with E-state index in [0.717, 1.165) is 62.4 Å². The van der Waals surface area contributed by atoms with Crippen molar-refractivity contribution in [2.45, 2.75) is 45.3 Å². The molecule has 1 fully saturated rings. The third kappa shape index (κ3) is 6.05. The zero-order valence-corrected chi connectivity index (χ0v) is 20.9. The Labute approximate surface area is 203 Å². The van der Waals surface area contributed by atoms with E-state index in [2.05, 4.69) is 47.2 Å². The van der Waals surface area contributed by atoms with Crippen molar-refractivity contribution in [2.24, 2.45) is 13.0 Å². The van der Waals surface area contributed by atoms with E-state index in [1.54, 1.807) is 19.2 Å². The van der Waals surface area contributed by atoms with Crippen LogP contribution in [0.25, 0.3) is 0 Å². The highest BCUT2D eigenvalue weighted by atomic mass is 19.1. The first-order valence-electron chi connectivity index (χ1n) is 12.2. The summed E-state index contributed by atoms with van der Waals surface area (Å²) in [5.74, 6) is 1.31. The minimum atomic E-state index is -0.101. The van der Waals surface area contributed by atoms with Gasteiger partial charge in [-0.15, -0.1) is 0 Å². The Kier molecular flexibility index (Phi) is 8.01. The maximum atomic E-state index is 14.6. The normalized spacial score (nSPS) is 16.2. The number of hydrogen-bond acceptors (Lipinski definition) is 4. The number of hydrogen-bond donors (Lipinski definition) is 0. The molecule has 1 aliphatic rings. The molecule has 5 nitrogen and oxygen atoms in total. The summed E-state index contributed by atoms with van der Waals surface area (Å²) in [5.41, 5.74) is 4.42. The van der Waals surface area contributed by atoms with Crippen LogP contribution in [-0.4, -0.2) is 52.9 Å². The van der Waals surface area contributed by atoms with Gasteiger partial charge in [-0.3, -0.25) is 14.5 Å². The van der Waals surface area contributed by atoms with Crippen molar-refractivity contribution in [2.75, 3.05) is 27.2 Å². The standard InChI is InChI=1S/C28H37FN4O/c1-21-25(20-32(3)30-21)19-31(2)28(17-24-7-5-6-8-27(24)29)23-13-15-33(16-14-23)18-22-9-11-26(34-4)12-10-22/h5-12,20,23,28H,13-19H2,1-4H3/t28-/m1/s1. The number of rotatable bonds is 9. The number of likely N-dealkylation sites (N-methyl/N-ethyl adjacent to an activating group) is 1. The van der Waals surface area contributed by atoms with Gasteiger partial charge >= 0.3 is 0 Å². The summed E-state index contributed by atoms with van der Waals surface area (Å²) in [4.78, 5) is 4.95. The molecule has 182 valence electrons. The number of benzene rings is 2. The molecule has 0 spiro atoms. The van der Waals surface area contributed by atoms with Gasteiger partial charge in [0.15, 0.2) is 0 Å². The minimum absolute atomic E-state index is 0.101. The third-order valence-electron chi connectivity index (χ3n) is 7.23. The van der Waals surface area contributed by atoms with Crippen molar-refractivity contribution in [1.82, 2.24) is 19.6 Å². The number of aryl methyl sites for hydroxylation is 2. The topological polar surface area (TPSA) is 33.5 Å². The van der Waals surface area contributed by atoms with Crippen LogP contribution >= 0.6 is 0 Å². The van der Waals surface area contributed by atoms with E-state index in [0.29, 0.717) is 5.92 Å². The summed E-state index contributed by atoms with van der Waals surface area (Å²) in [6.45, 7) is 5.96. The number of methoxy groups -OCH3 is 1. The van der Waals surface area contributed by atoms with Gasteiger partial charge < -0.3 is 4.74 Å². The fourth-order valence-electron chi connectivity index (χ4n) is 5.25. The molecule has 34 heavy (non-hydrogen) atoms. The predicted molar refractivity (Wildman–Crippen MR) is 134 cm³/mol. The van der Waals surface area contributed by atoms with E-state index in [1.807, 2.05) is 36.0 Å². The number of ether oxygens (including phenoxy) is 1. The lowest BCUT2D eigenvalue weighted by molar-refractivity contribution is 0.0948. The molecular formula is C28H37FN4O. The molecule has 0 unspecified atom stereocenters. The average molecular weight is 465 g/mol. The van der Waals surface area contributed by atoms with Crippen molar-refractivity contribution in [3.05, 3.63) is 82.9 Å². The van der Waals surface area contributed by atoms with Gasteiger partial charge in [-0.2, -0.15) is 5.10 Å². The average Bonchev–Trinajstić information content (AvgIpc) is 3.16. The summed E-state index contributed by atoms with van der Waals surface area (Å²) < 4.78 is 21.7. The molecule has 4 rings (SSSR count). The minimum Gasteiger partial charge on any atom is -0.497 e. The first-order chi connectivity index (χ1) is 16.4. The number of nitrogens with zero attached hydrogens (tertiary/aromatic N) is 4. The van der Waals surface area contributed by atoms with Crippen LogP contribution in [0, 0.1) is 18.7 Å². The highest BCUT2D eigenvalue weighted by molar-refractivity contribution is 5.27. The monoisotopic (exact) mass is 464 g/mol. The first-order valence-corrected chi connectivity index (χ1v) is 12.2. The van der Waals surface area contributed by atoms with Crippen LogP contribution in [0.5, 0.6) is 5.75 Å². The molecule has 1 saturated heterocycles. The van der Waals surface area contributed by atoms with E-state index in [4.69, 9.17) is 4.74 Å². The van der Waals surface area contributed by atoms with Crippen LogP contribution in [0.15, 0.2) is 54.7 Å². The van der Waals surface area contributed by atoms with E-state index in [9.17, 15) is 4.39 Å². The molecule has 2 heterocycles. The third-order valence-corrected chi connectivity index (χ3v) is 7.23. The molecule has 6 heteroatoms. The first kappa shape index (κ1) is 24.4. The number of piperidine rings is 1. The fourth-order valence-corrected chi connectivity index (χ4v) is 5.25. The van der Waals surface area contributed by atoms with Gasteiger partial charge in [-0.1, -0.05) is 30.3 Å². The summed E-state index contributed by atoms with van der Waals surface area (Å²) in [5, 5.41) is 4.51. The SMILES string of the molecule is COc1ccc(CN2CCC([C@@H](Cc3ccccc3F)N(C)Cc3cn(C)nc3C)CC2)cc1. The van der Waals surface area contributed by atoms with E-state index in [1.165, 1.54) is 11.1 Å². The summed E-state index contributed by atoms with van der Waals surface area (Å²) in [6, 6.07) is 15.9. The van der Waals surface area contributed by atoms with Crippen molar-refractivity contribution >= 4 is 0 Å². The number of halogens is 1. The number of aromatic nitrogens is 2. The van der Waals surface area contributed by atoms with E-state index in [-0.39, 0.29) is 11.9 Å². The molecule has 0 radical (unpaired) electrons. The second-order valence-corrected chi connectivity index (χ2v) is 9.65. The molecule has 0 aliphatic carbocycles. The smallest absolute Gasteiger partial charge is 0.126 e. The predicted octanol–water partition coefficient (Wildman–Crippen LogP) is 4.83. The van der Waals surface area contributed by atoms with Gasteiger partial charge in [-0.05, 0) is 81.6 Å². The Hall–Kier alpha value is -2.70. The lowest BCUT2D eigenvalue weighted by Crippen LogP contribution is -2.45. The molecule has 0 saturated carbocycles. The van der Waals surface area contributed by atoms with Crippen LogP contribution in [0.3, 0.4) is 0 Å². The summed E-state index contributed by atoms with van der Waals surface area (Å²) >= 11 is 0. The summed E-state index contributed by atoms with van der Waals surface area (Å²) in [6.07, 6.45) is 5.06. The Morgan fingerprint density at radius 2 is 1.79 bits per heavy atom. The zero-order valence-electron chi connectivity index (χ0n) is 20.9. The Morgan fingerprint density at radius 1 is 1.09 bits per heavy atom. The molecule has 3 aromatic rings. The van der Waals surface area contributed by atoms with E-state index < -0.39 is 0 Å². The van der Waals surface area contributed by atoms with Crippen LogP contribution in [0.4, 0.5) is 4.39 Å². The Morgan fingerprint density at radius 3 is 2.41 bits per heavy atom.